The Morgan fingerprint density at radius 2 is 2.16 bits per heavy atom. The van der Waals surface area contributed by atoms with Crippen molar-refractivity contribution in [3.8, 4) is 5.75 Å². The first-order chi connectivity index (χ1) is 8.86. The van der Waals surface area contributed by atoms with E-state index >= 15 is 0 Å². The average Bonchev–Trinajstić information content (AvgIpc) is 2.72. The first-order valence-corrected chi connectivity index (χ1v) is 7.89. The minimum atomic E-state index is -3.79. The number of aromatic nitrogens is 2. The number of benzene rings is 1. The van der Waals surface area contributed by atoms with Crippen molar-refractivity contribution >= 4 is 31.3 Å². The van der Waals surface area contributed by atoms with Crippen molar-refractivity contribution in [1.29, 1.82) is 0 Å². The molecule has 2 rings (SSSR count). The number of hydrogen-bond acceptors (Lipinski definition) is 4. The van der Waals surface area contributed by atoms with Crippen LogP contribution in [-0.2, 0) is 22.7 Å². The summed E-state index contributed by atoms with van der Waals surface area (Å²) in [6, 6.07) is 4.06. The van der Waals surface area contributed by atoms with Gasteiger partial charge in [-0.1, -0.05) is 11.6 Å². The number of halogens is 2. The molecule has 0 saturated carbocycles. The maximum absolute atomic E-state index is 11.1. The van der Waals surface area contributed by atoms with Crippen molar-refractivity contribution in [1.82, 2.24) is 9.78 Å². The van der Waals surface area contributed by atoms with E-state index in [4.69, 9.17) is 27.0 Å². The Hall–Kier alpha value is -1.24. The quantitative estimate of drug-likeness (QED) is 0.812. The molecule has 19 heavy (non-hydrogen) atoms. The van der Waals surface area contributed by atoms with Crippen LogP contribution in [0.15, 0.2) is 35.5 Å². The van der Waals surface area contributed by atoms with Crippen LogP contribution in [0, 0.1) is 0 Å². The Morgan fingerprint density at radius 3 is 2.68 bits per heavy atom. The smallest absolute Gasteiger partial charge is 0.261 e. The summed E-state index contributed by atoms with van der Waals surface area (Å²) in [5.41, 5.74) is 0.882. The Bertz CT molecular complexity index is 698. The number of hydrogen-bond donors (Lipinski definition) is 0. The number of nitrogens with zero attached hydrogens (tertiary/aromatic N) is 2. The van der Waals surface area contributed by atoms with Crippen LogP contribution >= 0.6 is 22.3 Å². The molecule has 0 atom stereocenters. The zero-order valence-electron chi connectivity index (χ0n) is 9.88. The van der Waals surface area contributed by atoms with Crippen LogP contribution in [0.2, 0.25) is 5.02 Å². The summed E-state index contributed by atoms with van der Waals surface area (Å²) in [7, 11) is 3.24. The summed E-state index contributed by atoms with van der Waals surface area (Å²) in [5, 5.41) is 4.19. The van der Waals surface area contributed by atoms with Crippen LogP contribution in [-0.4, -0.2) is 18.2 Å². The van der Waals surface area contributed by atoms with Gasteiger partial charge in [-0.15, -0.1) is 0 Å². The number of ether oxygens (including phenoxy) is 1. The monoisotopic (exact) mass is 320 g/mol. The zero-order valence-corrected chi connectivity index (χ0v) is 12.2. The van der Waals surface area contributed by atoms with E-state index < -0.39 is 9.05 Å². The molecule has 102 valence electrons. The van der Waals surface area contributed by atoms with Crippen LogP contribution in [0.1, 0.15) is 5.56 Å². The zero-order chi connectivity index (χ0) is 14.0. The molecule has 0 unspecified atom stereocenters. The molecule has 0 aliphatic rings. The first kappa shape index (κ1) is 14.2. The van der Waals surface area contributed by atoms with Gasteiger partial charge in [0, 0.05) is 29.5 Å². The highest BCUT2D eigenvalue weighted by atomic mass is 35.7. The third-order valence-corrected chi connectivity index (χ3v) is 3.98. The molecule has 1 heterocycles. The number of rotatable bonds is 4. The molecular formula is C11H10Cl2N2O3S. The van der Waals surface area contributed by atoms with Gasteiger partial charge in [0.05, 0.1) is 16.1 Å². The van der Waals surface area contributed by atoms with E-state index in [2.05, 4.69) is 5.10 Å². The SMILES string of the molecule is Cn1cc(COc2ccc(S(=O)(=O)Cl)cc2Cl)cn1. The molecule has 0 aliphatic carbocycles. The van der Waals surface area contributed by atoms with Gasteiger partial charge in [0.15, 0.2) is 0 Å². The van der Waals surface area contributed by atoms with Crippen molar-refractivity contribution in [2.45, 2.75) is 11.5 Å². The molecule has 0 aliphatic heterocycles. The average molecular weight is 321 g/mol. The minimum absolute atomic E-state index is 0.0621. The Balaban J connectivity index is 2.14. The molecule has 5 nitrogen and oxygen atoms in total. The molecule has 2 aromatic rings. The molecule has 1 aromatic heterocycles. The van der Waals surface area contributed by atoms with E-state index in [0.29, 0.717) is 12.4 Å². The van der Waals surface area contributed by atoms with Crippen LogP contribution in [0.5, 0.6) is 5.75 Å². The Morgan fingerprint density at radius 1 is 1.42 bits per heavy atom. The van der Waals surface area contributed by atoms with Gasteiger partial charge in [-0.25, -0.2) is 8.42 Å². The fraction of sp³-hybridized carbons (Fsp3) is 0.182. The molecule has 8 heteroatoms. The predicted octanol–water partition coefficient (Wildman–Crippen LogP) is 2.58. The summed E-state index contributed by atoms with van der Waals surface area (Å²) in [6.45, 7) is 0.292. The Kier molecular flexibility index (Phi) is 4.03. The largest absolute Gasteiger partial charge is 0.487 e. The van der Waals surface area contributed by atoms with Crippen LogP contribution < -0.4 is 4.74 Å². The highest BCUT2D eigenvalue weighted by molar-refractivity contribution is 8.13. The molecule has 0 radical (unpaired) electrons. The van der Waals surface area contributed by atoms with Gasteiger partial charge in [0.2, 0.25) is 0 Å². The van der Waals surface area contributed by atoms with Crippen LogP contribution in [0.4, 0.5) is 0 Å². The van der Waals surface area contributed by atoms with E-state index in [-0.39, 0.29) is 9.92 Å². The summed E-state index contributed by atoms with van der Waals surface area (Å²) < 4.78 is 29.4. The lowest BCUT2D eigenvalue weighted by atomic mass is 10.3. The second-order valence-corrected chi connectivity index (χ2v) is 6.81. The lowest BCUT2D eigenvalue weighted by Gasteiger charge is -2.07. The highest BCUT2D eigenvalue weighted by Gasteiger charge is 2.13. The standard InChI is InChI=1S/C11H10Cl2N2O3S/c1-15-6-8(5-14-15)7-18-11-3-2-9(4-10(11)12)19(13,16)17/h2-6H,7H2,1H3. The summed E-state index contributed by atoms with van der Waals surface area (Å²) in [6.07, 6.45) is 3.48. The normalized spacial score (nSPS) is 11.5. The van der Waals surface area contributed by atoms with Crippen molar-refractivity contribution in [2.75, 3.05) is 0 Å². The van der Waals surface area contributed by atoms with Gasteiger partial charge >= 0.3 is 0 Å². The summed E-state index contributed by atoms with van der Waals surface area (Å²) in [4.78, 5) is -0.0621. The molecular weight excluding hydrogens is 311 g/mol. The fourth-order valence-corrected chi connectivity index (χ4v) is 2.53. The second-order valence-electron chi connectivity index (χ2n) is 3.84. The van der Waals surface area contributed by atoms with Gasteiger partial charge in [-0.3, -0.25) is 4.68 Å². The van der Waals surface area contributed by atoms with E-state index in [1.54, 1.807) is 17.9 Å². The molecule has 0 fully saturated rings. The van der Waals surface area contributed by atoms with Crippen LogP contribution in [0.25, 0.3) is 0 Å². The van der Waals surface area contributed by atoms with E-state index in [1.807, 2.05) is 6.20 Å². The molecule has 1 aromatic carbocycles. The summed E-state index contributed by atoms with van der Waals surface area (Å²) in [5.74, 6) is 0.384. The van der Waals surface area contributed by atoms with E-state index in [0.717, 1.165) is 5.56 Å². The van der Waals surface area contributed by atoms with Crippen molar-refractivity contribution < 1.29 is 13.2 Å². The molecule has 0 amide bonds. The fourth-order valence-electron chi connectivity index (χ4n) is 1.46. The van der Waals surface area contributed by atoms with Crippen molar-refractivity contribution in [2.24, 2.45) is 7.05 Å². The van der Waals surface area contributed by atoms with Crippen molar-refractivity contribution in [3.63, 3.8) is 0 Å². The number of aryl methyl sites for hydroxylation is 1. The molecule has 0 bridgehead atoms. The molecule has 0 N–H and O–H groups in total. The summed E-state index contributed by atoms with van der Waals surface area (Å²) >= 11 is 5.94. The second kappa shape index (κ2) is 5.40. The molecule has 0 spiro atoms. The van der Waals surface area contributed by atoms with Crippen molar-refractivity contribution in [3.05, 3.63) is 41.2 Å². The molecule has 0 saturated heterocycles. The van der Waals surface area contributed by atoms with E-state index in [9.17, 15) is 8.42 Å². The lowest BCUT2D eigenvalue weighted by Crippen LogP contribution is -1.96. The Labute approximate surface area is 120 Å². The predicted molar refractivity (Wildman–Crippen MR) is 72.0 cm³/mol. The van der Waals surface area contributed by atoms with Gasteiger partial charge in [0.1, 0.15) is 12.4 Å². The minimum Gasteiger partial charge on any atom is -0.487 e. The lowest BCUT2D eigenvalue weighted by molar-refractivity contribution is 0.306. The van der Waals surface area contributed by atoms with Gasteiger partial charge in [0.25, 0.3) is 9.05 Å². The van der Waals surface area contributed by atoms with Gasteiger partial charge in [-0.2, -0.15) is 5.10 Å². The first-order valence-electron chi connectivity index (χ1n) is 5.21. The third-order valence-electron chi connectivity index (χ3n) is 2.34. The topological polar surface area (TPSA) is 61.2 Å². The van der Waals surface area contributed by atoms with Crippen LogP contribution in [0.3, 0.4) is 0 Å². The highest BCUT2D eigenvalue weighted by Crippen LogP contribution is 2.29. The van der Waals surface area contributed by atoms with Gasteiger partial charge < -0.3 is 4.74 Å². The maximum atomic E-state index is 11.1. The van der Waals surface area contributed by atoms with Gasteiger partial charge in [-0.05, 0) is 18.2 Å². The van der Waals surface area contributed by atoms with E-state index in [1.165, 1.54) is 18.2 Å². The maximum Gasteiger partial charge on any atom is 0.261 e. The third kappa shape index (κ3) is 3.62.